The minimum absolute atomic E-state index is 0.0775. The Morgan fingerprint density at radius 3 is 2.64 bits per heavy atom. The lowest BCUT2D eigenvalue weighted by molar-refractivity contribution is 0.0683. The molecule has 0 N–H and O–H groups in total. The van der Waals surface area contributed by atoms with E-state index in [0.717, 1.165) is 12.8 Å². The normalized spacial score (nSPS) is 14.5. The summed E-state index contributed by atoms with van der Waals surface area (Å²) >= 11 is 0. The predicted octanol–water partition coefficient (Wildman–Crippen LogP) is 3.76. The molecule has 0 unspecified atom stereocenters. The maximum absolute atomic E-state index is 12.8. The van der Waals surface area contributed by atoms with E-state index in [2.05, 4.69) is 5.16 Å². The molecule has 0 spiro atoms. The highest BCUT2D eigenvalue weighted by Crippen LogP contribution is 2.34. The fourth-order valence-corrected chi connectivity index (χ4v) is 3.44. The molecule has 0 bridgehead atoms. The summed E-state index contributed by atoms with van der Waals surface area (Å²) in [6, 6.07) is 7.40. The van der Waals surface area contributed by atoms with Gasteiger partial charge in [-0.25, -0.2) is 0 Å². The van der Waals surface area contributed by atoms with Crippen molar-refractivity contribution in [2.24, 2.45) is 0 Å². The van der Waals surface area contributed by atoms with Gasteiger partial charge in [0.15, 0.2) is 11.5 Å². The average Bonchev–Trinajstić information content (AvgIpc) is 3.33. The van der Waals surface area contributed by atoms with Gasteiger partial charge in [0.2, 0.25) is 0 Å². The first-order valence-corrected chi connectivity index (χ1v) is 8.68. The summed E-state index contributed by atoms with van der Waals surface area (Å²) in [4.78, 5) is 14.7. The van der Waals surface area contributed by atoms with Gasteiger partial charge in [-0.15, -0.1) is 0 Å². The first-order chi connectivity index (χ1) is 12.2. The molecule has 25 heavy (non-hydrogen) atoms. The van der Waals surface area contributed by atoms with Gasteiger partial charge >= 0.3 is 0 Å². The van der Waals surface area contributed by atoms with Gasteiger partial charge < -0.3 is 18.9 Å². The van der Waals surface area contributed by atoms with Crippen LogP contribution >= 0.6 is 0 Å². The highest BCUT2D eigenvalue weighted by Gasteiger charge is 2.28. The van der Waals surface area contributed by atoms with E-state index in [1.54, 1.807) is 26.4 Å². The molecule has 1 aliphatic rings. The number of methoxy groups -OCH3 is 2. The molecule has 1 heterocycles. The first kappa shape index (κ1) is 17.3. The van der Waals surface area contributed by atoms with Crippen molar-refractivity contribution in [2.75, 3.05) is 20.8 Å². The molecule has 0 saturated heterocycles. The number of hydrogen-bond donors (Lipinski definition) is 0. The lowest BCUT2D eigenvalue weighted by Crippen LogP contribution is -2.38. The molecule has 0 aliphatic heterocycles. The molecule has 1 aromatic carbocycles. The Bertz CT molecular complexity index is 735. The van der Waals surface area contributed by atoms with Crippen molar-refractivity contribution in [1.29, 1.82) is 0 Å². The van der Waals surface area contributed by atoms with E-state index in [9.17, 15) is 4.79 Å². The number of hydrogen-bond acceptors (Lipinski definition) is 5. The molecule has 6 heteroatoms. The van der Waals surface area contributed by atoms with Crippen LogP contribution in [0.25, 0.3) is 11.3 Å². The van der Waals surface area contributed by atoms with Gasteiger partial charge in [-0.3, -0.25) is 4.79 Å². The van der Waals surface area contributed by atoms with Crippen LogP contribution in [0.15, 0.2) is 28.8 Å². The Morgan fingerprint density at radius 1 is 1.24 bits per heavy atom. The molecule has 0 atom stereocenters. The summed E-state index contributed by atoms with van der Waals surface area (Å²) < 4.78 is 16.1. The topological polar surface area (TPSA) is 64.8 Å². The Kier molecular flexibility index (Phi) is 5.26. The first-order valence-electron chi connectivity index (χ1n) is 8.68. The number of rotatable bonds is 6. The van der Waals surface area contributed by atoms with Gasteiger partial charge in [-0.1, -0.05) is 18.0 Å². The van der Waals surface area contributed by atoms with Crippen molar-refractivity contribution in [1.82, 2.24) is 10.1 Å². The van der Waals surface area contributed by atoms with Gasteiger partial charge in [0, 0.05) is 18.7 Å². The van der Waals surface area contributed by atoms with Gasteiger partial charge in [0.25, 0.3) is 5.91 Å². The second-order valence-electron chi connectivity index (χ2n) is 6.17. The minimum atomic E-state index is -0.0775. The van der Waals surface area contributed by atoms with Gasteiger partial charge in [-0.2, -0.15) is 0 Å². The fourth-order valence-electron chi connectivity index (χ4n) is 3.44. The lowest BCUT2D eigenvalue weighted by Gasteiger charge is -2.26. The van der Waals surface area contributed by atoms with Gasteiger partial charge in [0.1, 0.15) is 11.5 Å². The number of carbonyl (C=O) groups excluding carboxylic acids is 1. The third kappa shape index (κ3) is 3.48. The third-order valence-electron chi connectivity index (χ3n) is 4.77. The number of ether oxygens (including phenoxy) is 2. The summed E-state index contributed by atoms with van der Waals surface area (Å²) in [5.41, 5.74) is 1.03. The van der Waals surface area contributed by atoms with Crippen LogP contribution in [-0.2, 0) is 0 Å². The van der Waals surface area contributed by atoms with Crippen LogP contribution < -0.4 is 9.47 Å². The van der Waals surface area contributed by atoms with E-state index in [4.69, 9.17) is 14.0 Å². The number of carbonyl (C=O) groups is 1. The van der Waals surface area contributed by atoms with Crippen LogP contribution in [0.2, 0.25) is 0 Å². The largest absolute Gasteiger partial charge is 0.497 e. The van der Waals surface area contributed by atoms with Crippen LogP contribution in [0.3, 0.4) is 0 Å². The molecule has 2 aromatic rings. The van der Waals surface area contributed by atoms with E-state index in [1.165, 1.54) is 12.8 Å². The molecule has 1 fully saturated rings. The summed E-state index contributed by atoms with van der Waals surface area (Å²) in [6.07, 6.45) is 4.49. The zero-order chi connectivity index (χ0) is 17.8. The third-order valence-corrected chi connectivity index (χ3v) is 4.77. The molecule has 0 radical (unpaired) electrons. The molecule has 6 nitrogen and oxygen atoms in total. The molecule has 134 valence electrons. The van der Waals surface area contributed by atoms with Crippen molar-refractivity contribution in [2.45, 2.75) is 38.6 Å². The standard InChI is InChI=1S/C19H24N2O4/c1-4-21(13-7-5-6-8-13)19(22)16-12-18(25-20-16)15-11-14(23-2)9-10-17(15)24-3/h9-13H,4-8H2,1-3H3. The maximum atomic E-state index is 12.8. The van der Waals surface area contributed by atoms with Crippen LogP contribution in [0.4, 0.5) is 0 Å². The zero-order valence-electron chi connectivity index (χ0n) is 14.9. The SMILES string of the molecule is CCN(C(=O)c1cc(-c2cc(OC)ccc2OC)on1)C1CCCC1. The molecule has 1 saturated carbocycles. The van der Waals surface area contributed by atoms with E-state index < -0.39 is 0 Å². The second-order valence-corrected chi connectivity index (χ2v) is 6.17. The van der Waals surface area contributed by atoms with Crippen LogP contribution in [0.1, 0.15) is 43.1 Å². The molecule has 1 amide bonds. The molecular formula is C19H24N2O4. The predicted molar refractivity (Wildman–Crippen MR) is 94.0 cm³/mol. The van der Waals surface area contributed by atoms with E-state index in [0.29, 0.717) is 41.1 Å². The number of benzene rings is 1. The molecule has 3 rings (SSSR count). The van der Waals surface area contributed by atoms with E-state index in [-0.39, 0.29) is 5.91 Å². The Balaban J connectivity index is 1.88. The van der Waals surface area contributed by atoms with Crippen molar-refractivity contribution in [3.8, 4) is 22.8 Å². The average molecular weight is 344 g/mol. The smallest absolute Gasteiger partial charge is 0.276 e. The second kappa shape index (κ2) is 7.59. The van der Waals surface area contributed by atoms with Crippen molar-refractivity contribution in [3.63, 3.8) is 0 Å². The Labute approximate surface area is 147 Å². The number of nitrogens with zero attached hydrogens (tertiary/aromatic N) is 2. The summed E-state index contributed by atoms with van der Waals surface area (Å²) in [7, 11) is 3.19. The van der Waals surface area contributed by atoms with Crippen molar-refractivity contribution >= 4 is 5.91 Å². The van der Waals surface area contributed by atoms with Crippen LogP contribution in [0.5, 0.6) is 11.5 Å². The van der Waals surface area contributed by atoms with E-state index >= 15 is 0 Å². The zero-order valence-corrected chi connectivity index (χ0v) is 14.9. The summed E-state index contributed by atoms with van der Waals surface area (Å²) in [6.45, 7) is 2.68. The summed E-state index contributed by atoms with van der Waals surface area (Å²) in [5.74, 6) is 1.73. The van der Waals surface area contributed by atoms with Gasteiger partial charge in [0.05, 0.1) is 19.8 Å². The highest BCUT2D eigenvalue weighted by molar-refractivity contribution is 5.93. The van der Waals surface area contributed by atoms with E-state index in [1.807, 2.05) is 24.0 Å². The molecular weight excluding hydrogens is 320 g/mol. The van der Waals surface area contributed by atoms with Crippen molar-refractivity contribution < 1.29 is 18.8 Å². The summed E-state index contributed by atoms with van der Waals surface area (Å²) in [5, 5.41) is 4.00. The minimum Gasteiger partial charge on any atom is -0.497 e. The quantitative estimate of drug-likeness (QED) is 0.798. The maximum Gasteiger partial charge on any atom is 0.276 e. The number of aromatic nitrogens is 1. The number of amides is 1. The Hall–Kier alpha value is -2.50. The Morgan fingerprint density at radius 2 is 2.00 bits per heavy atom. The molecule has 1 aliphatic carbocycles. The van der Waals surface area contributed by atoms with Crippen LogP contribution in [-0.4, -0.2) is 42.8 Å². The van der Waals surface area contributed by atoms with Gasteiger partial charge in [-0.05, 0) is 38.0 Å². The fraction of sp³-hybridized carbons (Fsp3) is 0.474. The monoisotopic (exact) mass is 344 g/mol. The highest BCUT2D eigenvalue weighted by atomic mass is 16.5. The molecule has 1 aromatic heterocycles. The lowest BCUT2D eigenvalue weighted by atomic mass is 10.1. The van der Waals surface area contributed by atoms with Crippen molar-refractivity contribution in [3.05, 3.63) is 30.0 Å². The van der Waals surface area contributed by atoms with Crippen LogP contribution in [0, 0.1) is 0 Å².